The average Bonchev–Trinajstić information content (AvgIpc) is 1.77. The van der Waals surface area contributed by atoms with Gasteiger partial charge in [-0.15, -0.1) is 0 Å². The van der Waals surface area contributed by atoms with Crippen LogP contribution in [0.25, 0.3) is 0 Å². The van der Waals surface area contributed by atoms with Gasteiger partial charge in [0.2, 0.25) is 0 Å². The molecule has 2 nitrogen and oxygen atoms in total. The lowest BCUT2D eigenvalue weighted by Crippen LogP contribution is -2.25. The Morgan fingerprint density at radius 3 is 3.00 bits per heavy atom. The first kappa shape index (κ1) is 5.63. The summed E-state index contributed by atoms with van der Waals surface area (Å²) in [6, 6.07) is 0. The Bertz CT molecular complexity index is 109. The number of hydrogen-bond acceptors (Lipinski definition) is 2. The van der Waals surface area contributed by atoms with Gasteiger partial charge in [-0.05, 0) is 25.6 Å². The van der Waals surface area contributed by atoms with Crippen LogP contribution in [-0.2, 0) is 4.74 Å². The Morgan fingerprint density at radius 2 is 2.62 bits per heavy atom. The van der Waals surface area contributed by atoms with Crippen molar-refractivity contribution in [2.75, 3.05) is 6.73 Å². The summed E-state index contributed by atoms with van der Waals surface area (Å²) in [7, 11) is 0. The molecule has 0 bridgehead atoms. The van der Waals surface area contributed by atoms with Crippen LogP contribution >= 0.6 is 0 Å². The summed E-state index contributed by atoms with van der Waals surface area (Å²) in [4.78, 5) is 0. The molecule has 1 aliphatic rings. The fraction of sp³-hybridized carbons (Fsp3) is 0.667. The fourth-order valence-electron chi connectivity index (χ4n) is 0.625. The summed E-state index contributed by atoms with van der Waals surface area (Å²) in [5, 5.41) is 2.98. The SMILES string of the molecule is CC1=CNCOC1C. The predicted molar refractivity (Wildman–Crippen MR) is 32.3 cm³/mol. The molecule has 0 aromatic rings. The van der Waals surface area contributed by atoms with Crippen molar-refractivity contribution in [3.63, 3.8) is 0 Å². The van der Waals surface area contributed by atoms with Gasteiger partial charge in [0.05, 0.1) is 6.10 Å². The molecule has 2 heteroatoms. The second-order valence-electron chi connectivity index (χ2n) is 2.05. The number of nitrogens with one attached hydrogen (secondary N) is 1. The minimum absolute atomic E-state index is 0.302. The predicted octanol–water partition coefficient (Wildman–Crippen LogP) is 0.856. The van der Waals surface area contributed by atoms with Gasteiger partial charge < -0.3 is 10.1 Å². The quantitative estimate of drug-likeness (QED) is 0.503. The molecule has 0 saturated heterocycles. The van der Waals surface area contributed by atoms with E-state index in [2.05, 4.69) is 12.2 Å². The highest BCUT2D eigenvalue weighted by Gasteiger charge is 2.06. The molecule has 0 amide bonds. The molecule has 1 N–H and O–H groups in total. The van der Waals surface area contributed by atoms with Gasteiger partial charge in [-0.3, -0.25) is 0 Å². The molecule has 0 aliphatic carbocycles. The summed E-state index contributed by atoms with van der Waals surface area (Å²) in [6.45, 7) is 4.75. The van der Waals surface area contributed by atoms with Crippen molar-refractivity contribution in [3.05, 3.63) is 11.8 Å². The van der Waals surface area contributed by atoms with E-state index in [9.17, 15) is 0 Å². The molecule has 0 saturated carbocycles. The van der Waals surface area contributed by atoms with E-state index < -0.39 is 0 Å². The van der Waals surface area contributed by atoms with Gasteiger partial charge in [-0.1, -0.05) is 0 Å². The Hall–Kier alpha value is -0.500. The molecule has 46 valence electrons. The van der Waals surface area contributed by atoms with Gasteiger partial charge in [0.1, 0.15) is 6.73 Å². The van der Waals surface area contributed by atoms with Crippen LogP contribution in [0.15, 0.2) is 11.8 Å². The van der Waals surface area contributed by atoms with E-state index in [0.717, 1.165) is 0 Å². The molecule has 0 spiro atoms. The van der Waals surface area contributed by atoms with Gasteiger partial charge in [0, 0.05) is 0 Å². The standard InChI is InChI=1S/C6H11NO/c1-5-3-7-4-8-6(5)2/h3,6-7H,4H2,1-2H3. The van der Waals surface area contributed by atoms with Crippen molar-refractivity contribution in [2.45, 2.75) is 20.0 Å². The highest BCUT2D eigenvalue weighted by atomic mass is 16.5. The monoisotopic (exact) mass is 113 g/mol. The third-order valence-electron chi connectivity index (χ3n) is 1.39. The summed E-state index contributed by atoms with van der Waals surface area (Å²) in [5.41, 5.74) is 1.26. The Balaban J connectivity index is 2.53. The molecule has 1 heterocycles. The van der Waals surface area contributed by atoms with Crippen molar-refractivity contribution >= 4 is 0 Å². The molecule has 1 aliphatic heterocycles. The van der Waals surface area contributed by atoms with Gasteiger partial charge in [-0.25, -0.2) is 0 Å². The topological polar surface area (TPSA) is 21.3 Å². The van der Waals surface area contributed by atoms with E-state index in [1.165, 1.54) is 5.57 Å². The molecular formula is C6H11NO. The van der Waals surface area contributed by atoms with Gasteiger partial charge >= 0.3 is 0 Å². The second-order valence-corrected chi connectivity index (χ2v) is 2.05. The van der Waals surface area contributed by atoms with Gasteiger partial charge in [0.25, 0.3) is 0 Å². The second kappa shape index (κ2) is 2.18. The third-order valence-corrected chi connectivity index (χ3v) is 1.39. The average molecular weight is 113 g/mol. The first-order chi connectivity index (χ1) is 3.80. The van der Waals surface area contributed by atoms with Crippen LogP contribution in [0.2, 0.25) is 0 Å². The molecule has 1 rings (SSSR count). The maximum atomic E-state index is 5.21. The van der Waals surface area contributed by atoms with Crippen LogP contribution in [-0.4, -0.2) is 12.8 Å². The van der Waals surface area contributed by atoms with Crippen molar-refractivity contribution in [1.29, 1.82) is 0 Å². The minimum Gasteiger partial charge on any atom is -0.369 e. The van der Waals surface area contributed by atoms with E-state index in [-0.39, 0.29) is 0 Å². The first-order valence-corrected chi connectivity index (χ1v) is 2.82. The first-order valence-electron chi connectivity index (χ1n) is 2.82. The zero-order valence-corrected chi connectivity index (χ0v) is 5.27. The molecule has 1 atom stereocenters. The Labute approximate surface area is 49.5 Å². The molecule has 1 unspecified atom stereocenters. The van der Waals surface area contributed by atoms with E-state index in [1.54, 1.807) is 0 Å². The molecule has 0 aromatic heterocycles. The van der Waals surface area contributed by atoms with Crippen LogP contribution in [0.3, 0.4) is 0 Å². The molecule has 0 radical (unpaired) electrons. The lowest BCUT2D eigenvalue weighted by atomic mass is 10.2. The summed E-state index contributed by atoms with van der Waals surface area (Å²) in [5.74, 6) is 0. The van der Waals surface area contributed by atoms with Crippen molar-refractivity contribution < 1.29 is 4.74 Å². The lowest BCUT2D eigenvalue weighted by molar-refractivity contribution is 0.0701. The highest BCUT2D eigenvalue weighted by molar-refractivity contribution is 5.03. The van der Waals surface area contributed by atoms with E-state index in [4.69, 9.17) is 4.74 Å². The van der Waals surface area contributed by atoms with Crippen molar-refractivity contribution in [2.24, 2.45) is 0 Å². The van der Waals surface area contributed by atoms with E-state index in [1.807, 2.05) is 13.1 Å². The van der Waals surface area contributed by atoms with Crippen molar-refractivity contribution in [1.82, 2.24) is 5.32 Å². The fourth-order valence-corrected chi connectivity index (χ4v) is 0.625. The van der Waals surface area contributed by atoms with Gasteiger partial charge in [0.15, 0.2) is 0 Å². The van der Waals surface area contributed by atoms with Crippen LogP contribution in [0, 0.1) is 0 Å². The zero-order valence-electron chi connectivity index (χ0n) is 5.27. The number of rotatable bonds is 0. The highest BCUT2D eigenvalue weighted by Crippen LogP contribution is 2.06. The molecule has 0 aromatic carbocycles. The third kappa shape index (κ3) is 1.01. The lowest BCUT2D eigenvalue weighted by Gasteiger charge is -2.18. The molecule has 0 fully saturated rings. The maximum absolute atomic E-state index is 5.21. The normalized spacial score (nSPS) is 28.8. The minimum atomic E-state index is 0.302. The maximum Gasteiger partial charge on any atom is 0.116 e. The summed E-state index contributed by atoms with van der Waals surface area (Å²) in [6.07, 6.45) is 2.30. The number of ether oxygens (including phenoxy) is 1. The molecular weight excluding hydrogens is 102 g/mol. The van der Waals surface area contributed by atoms with E-state index >= 15 is 0 Å². The Morgan fingerprint density at radius 1 is 1.88 bits per heavy atom. The largest absolute Gasteiger partial charge is 0.369 e. The Kier molecular flexibility index (Phi) is 1.53. The van der Waals surface area contributed by atoms with Crippen LogP contribution in [0.4, 0.5) is 0 Å². The number of hydrogen-bond donors (Lipinski definition) is 1. The van der Waals surface area contributed by atoms with Gasteiger partial charge in [-0.2, -0.15) is 0 Å². The van der Waals surface area contributed by atoms with Crippen LogP contribution in [0.5, 0.6) is 0 Å². The summed E-state index contributed by atoms with van der Waals surface area (Å²) < 4.78 is 5.21. The summed E-state index contributed by atoms with van der Waals surface area (Å²) >= 11 is 0. The zero-order chi connectivity index (χ0) is 5.98. The smallest absolute Gasteiger partial charge is 0.116 e. The van der Waals surface area contributed by atoms with Crippen molar-refractivity contribution in [3.8, 4) is 0 Å². The van der Waals surface area contributed by atoms with Crippen LogP contribution < -0.4 is 5.32 Å². The molecule has 8 heavy (non-hydrogen) atoms. The van der Waals surface area contributed by atoms with E-state index in [0.29, 0.717) is 12.8 Å². The van der Waals surface area contributed by atoms with Crippen LogP contribution in [0.1, 0.15) is 13.8 Å².